The van der Waals surface area contributed by atoms with Gasteiger partial charge in [-0.3, -0.25) is 52.7 Å². The zero-order valence-corrected chi connectivity index (χ0v) is 54.1. The van der Waals surface area contributed by atoms with E-state index in [0.717, 1.165) is 0 Å². The number of aromatic nitrogens is 2. The van der Waals surface area contributed by atoms with Crippen LogP contribution in [0.5, 0.6) is 5.75 Å². The molecule has 0 unspecified atom stereocenters. The van der Waals surface area contributed by atoms with Crippen LogP contribution in [0.1, 0.15) is 94.4 Å². The number of carboxylic acids is 2. The molecule has 1 aliphatic rings. The number of para-hydroxylation sites is 2. The highest BCUT2D eigenvalue weighted by atomic mass is 16.4. The van der Waals surface area contributed by atoms with E-state index in [1.807, 2.05) is 0 Å². The zero-order valence-electron chi connectivity index (χ0n) is 54.1. The molecule has 29 heteroatoms. The first-order chi connectivity index (χ1) is 46.3. The third-order valence-corrected chi connectivity index (χ3v) is 16.8. The van der Waals surface area contributed by atoms with Crippen molar-refractivity contribution in [1.29, 1.82) is 0 Å². The van der Waals surface area contributed by atoms with Crippen molar-refractivity contribution in [3.05, 3.63) is 138 Å². The maximum absolute atomic E-state index is 15.1. The number of nitrogens with one attached hydrogen (secondary N) is 10. The number of carbonyl (C=O) groups excluding carboxylic acids is 10. The monoisotopic (exact) mass is 1340 g/mol. The predicted molar refractivity (Wildman–Crippen MR) is 356 cm³/mol. The molecule has 2 aromatic heterocycles. The molecule has 0 radical (unpaired) electrons. The molecule has 4 aromatic carbocycles. The van der Waals surface area contributed by atoms with Gasteiger partial charge in [0.25, 0.3) is 0 Å². The number of phenolic OH excluding ortho intramolecular Hbond substituents is 1. The minimum Gasteiger partial charge on any atom is -0.508 e. The number of primary amides is 1. The molecule has 0 aliphatic carbocycles. The largest absolute Gasteiger partial charge is 0.508 e. The second kappa shape index (κ2) is 35.2. The van der Waals surface area contributed by atoms with E-state index in [1.165, 1.54) is 17.0 Å². The van der Waals surface area contributed by atoms with Crippen LogP contribution in [0, 0.1) is 5.92 Å². The molecule has 29 nitrogen and oxygen atoms in total. The lowest BCUT2D eigenvalue weighted by Gasteiger charge is -2.31. The van der Waals surface area contributed by atoms with Gasteiger partial charge >= 0.3 is 11.9 Å². The zero-order chi connectivity index (χ0) is 70.5. The van der Waals surface area contributed by atoms with E-state index in [0.29, 0.717) is 63.3 Å². The number of likely N-dealkylation sites (tertiary alicyclic amines) is 1. The topological polar surface area (TPSA) is 475 Å². The summed E-state index contributed by atoms with van der Waals surface area (Å²) in [6.45, 7) is 5.50. The number of hydrogen-bond donors (Lipinski definition) is 16. The fourth-order valence-electron chi connectivity index (χ4n) is 11.5. The molecule has 10 amide bonds. The van der Waals surface area contributed by atoms with E-state index < -0.39 is 144 Å². The van der Waals surface area contributed by atoms with Gasteiger partial charge in [-0.1, -0.05) is 106 Å². The van der Waals surface area contributed by atoms with E-state index in [4.69, 9.17) is 17.2 Å². The van der Waals surface area contributed by atoms with Gasteiger partial charge in [0.2, 0.25) is 59.1 Å². The van der Waals surface area contributed by atoms with Crippen LogP contribution >= 0.6 is 0 Å². The Morgan fingerprint density at radius 3 is 1.54 bits per heavy atom. The first kappa shape index (κ1) is 73.7. The lowest BCUT2D eigenvalue weighted by Crippen LogP contribution is -2.61. The molecular formula is C68H86N14O15. The lowest BCUT2D eigenvalue weighted by atomic mass is 10.0. The summed E-state index contributed by atoms with van der Waals surface area (Å²) >= 11 is 0. The third-order valence-electron chi connectivity index (χ3n) is 16.8. The van der Waals surface area contributed by atoms with Gasteiger partial charge in [-0.15, -0.1) is 0 Å². The number of phenols is 1. The van der Waals surface area contributed by atoms with Crippen LogP contribution in [0.25, 0.3) is 21.8 Å². The molecule has 0 bridgehead atoms. The van der Waals surface area contributed by atoms with Gasteiger partial charge in [0.1, 0.15) is 60.1 Å². The number of aliphatic carboxylic acids is 2. The third kappa shape index (κ3) is 20.9. The van der Waals surface area contributed by atoms with Gasteiger partial charge in [0.05, 0.1) is 18.9 Å². The molecule has 1 saturated heterocycles. The number of carboxylic acid groups (broad SMARTS) is 2. The molecule has 0 saturated carbocycles. The number of aromatic amines is 2. The minimum atomic E-state index is -1.97. The molecule has 0 spiro atoms. The molecule has 97 heavy (non-hydrogen) atoms. The van der Waals surface area contributed by atoms with E-state index in [9.17, 15) is 63.3 Å². The molecule has 10 atom stereocenters. The number of benzene rings is 4. The number of hydrogen-bond acceptors (Lipinski definition) is 15. The molecule has 19 N–H and O–H groups in total. The normalized spacial score (nSPS) is 15.6. The first-order valence-corrected chi connectivity index (χ1v) is 32.2. The van der Waals surface area contributed by atoms with Crippen LogP contribution in [-0.4, -0.2) is 175 Å². The number of nitrogens with two attached hydrogens (primary N) is 3. The fraction of sp³-hybridized carbons (Fsp3) is 0.412. The van der Waals surface area contributed by atoms with E-state index in [-0.39, 0.29) is 69.7 Å². The van der Waals surface area contributed by atoms with Gasteiger partial charge in [0.15, 0.2) is 0 Å². The molecule has 7 rings (SSSR count). The number of carbonyl (C=O) groups is 12. The van der Waals surface area contributed by atoms with Crippen molar-refractivity contribution < 1.29 is 72.9 Å². The highest BCUT2D eigenvalue weighted by Crippen LogP contribution is 2.24. The number of fused-ring (bicyclic) bond motifs is 2. The van der Waals surface area contributed by atoms with Crippen molar-refractivity contribution in [3.8, 4) is 5.75 Å². The number of aromatic hydroxyl groups is 1. The molecule has 3 heterocycles. The van der Waals surface area contributed by atoms with Gasteiger partial charge in [-0.25, -0.2) is 4.79 Å². The summed E-state index contributed by atoms with van der Waals surface area (Å²) < 4.78 is 0. The Kier molecular flexibility index (Phi) is 26.7. The predicted octanol–water partition coefficient (Wildman–Crippen LogP) is 0.452. The van der Waals surface area contributed by atoms with Crippen molar-refractivity contribution in [2.75, 3.05) is 13.1 Å². The molecular weight excluding hydrogens is 1250 g/mol. The Morgan fingerprint density at radius 2 is 0.990 bits per heavy atom. The summed E-state index contributed by atoms with van der Waals surface area (Å²) in [7, 11) is 0. The second-order valence-corrected chi connectivity index (χ2v) is 24.5. The second-order valence-electron chi connectivity index (χ2n) is 24.5. The number of rotatable bonds is 36. The average molecular weight is 1340 g/mol. The Labute approximate surface area is 558 Å². The molecule has 1 aliphatic heterocycles. The summed E-state index contributed by atoms with van der Waals surface area (Å²) in [4.78, 5) is 174. The van der Waals surface area contributed by atoms with Crippen molar-refractivity contribution in [1.82, 2.24) is 57.4 Å². The summed E-state index contributed by atoms with van der Waals surface area (Å²) in [6, 6.07) is 13.7. The Balaban J connectivity index is 1.14. The van der Waals surface area contributed by atoms with Gasteiger partial charge in [-0.2, -0.15) is 0 Å². The Morgan fingerprint density at radius 1 is 0.536 bits per heavy atom. The highest BCUT2D eigenvalue weighted by Gasteiger charge is 2.41. The Hall–Kier alpha value is -10.7. The fourth-order valence-corrected chi connectivity index (χ4v) is 11.5. The van der Waals surface area contributed by atoms with Crippen molar-refractivity contribution >= 4 is 92.8 Å². The van der Waals surface area contributed by atoms with Gasteiger partial charge in [-0.05, 0) is 91.1 Å². The Bertz CT molecular complexity index is 3780. The van der Waals surface area contributed by atoms with Crippen molar-refractivity contribution in [3.63, 3.8) is 0 Å². The van der Waals surface area contributed by atoms with E-state index in [1.54, 1.807) is 124 Å². The number of amides is 10. The molecule has 6 aromatic rings. The highest BCUT2D eigenvalue weighted by molar-refractivity contribution is 6.01. The van der Waals surface area contributed by atoms with E-state index >= 15 is 9.59 Å². The smallest absolute Gasteiger partial charge is 0.326 e. The van der Waals surface area contributed by atoms with Crippen LogP contribution in [0.15, 0.2) is 116 Å². The maximum Gasteiger partial charge on any atom is 0.326 e. The SMILES string of the molecule is CCC[C@H](NC(=O)[C@H](CCCN)NC(=O)[C@@H](N)C(C)C)C(=O)N[C@@H](Cc1ccc(O)cc1)C(=O)N1CCC[C@H]1C(=O)N[C@@H](Cc1c[nH]c2ccccc12)C(=O)N[C@@H](Cc1ccccc1)C(=O)N[C@@H](CC(N)=O)C(=O)N[C@@H](CC(=O)O)C(=O)N[C@@H](Cc1c[nH]c2ccccc12)C(=O)O. The summed E-state index contributed by atoms with van der Waals surface area (Å²) in [6.07, 6.45) is 1.67. The van der Waals surface area contributed by atoms with Crippen LogP contribution in [-0.2, 0) is 83.2 Å². The molecule has 518 valence electrons. The molecule has 1 fully saturated rings. The van der Waals surface area contributed by atoms with E-state index in [2.05, 4.69) is 52.5 Å². The summed E-state index contributed by atoms with van der Waals surface area (Å²) in [5, 5.41) is 52.2. The maximum atomic E-state index is 15.1. The number of nitrogens with zero attached hydrogens (tertiary/aromatic N) is 1. The first-order valence-electron chi connectivity index (χ1n) is 32.2. The average Bonchev–Trinajstić information content (AvgIpc) is 1.83. The minimum absolute atomic E-state index is 0.0179. The van der Waals surface area contributed by atoms with Crippen molar-refractivity contribution in [2.24, 2.45) is 23.1 Å². The van der Waals surface area contributed by atoms with Crippen LogP contribution in [0.4, 0.5) is 0 Å². The van der Waals surface area contributed by atoms with Crippen LogP contribution in [0.3, 0.4) is 0 Å². The standard InChI is InChI=1S/C68H86N14O15/c1-4-14-47(74-60(88)48(21-12-27-69)75-66(94)58(71)37(2)3)59(87)80-53(30-39-23-25-42(83)26-24-39)67(95)82-28-13-22-55(82)65(93)79-50(31-40-35-72-45-19-10-8-17-43(40)45)62(90)76-49(29-38-15-6-5-7-16-38)61(89)77-51(33-56(70)84)63(91)78-52(34-57(85)86)64(92)81-54(68(96)97)32-41-36-73-46-20-11-9-18-44(41)46/h5-11,15-20,23-26,35-37,47-55,58,72-73,83H,4,12-14,21-22,27-34,69,71H2,1-3H3,(H2,70,84)(H,74,88)(H,75,94)(H,76,90)(H,77,89)(H,78,91)(H,79,93)(H,80,87)(H,81,92)(H,85,86)(H,96,97)/t47-,48-,49-,50-,51-,52-,53-,54-,55-,58-/m0/s1. The van der Waals surface area contributed by atoms with Crippen molar-refractivity contribution in [2.45, 2.75) is 158 Å². The summed E-state index contributed by atoms with van der Waals surface area (Å²) in [5.41, 5.74) is 20.9. The summed E-state index contributed by atoms with van der Waals surface area (Å²) in [5.74, 6) is -12.6. The van der Waals surface area contributed by atoms with Gasteiger partial charge < -0.3 is 89.9 Å². The number of H-pyrrole nitrogens is 2. The quantitative estimate of drug-likeness (QED) is 0.0254. The van der Waals surface area contributed by atoms with Crippen LogP contribution < -0.4 is 59.7 Å². The van der Waals surface area contributed by atoms with Crippen LogP contribution in [0.2, 0.25) is 0 Å². The van der Waals surface area contributed by atoms with Gasteiger partial charge in [0, 0.05) is 66.4 Å². The lowest BCUT2D eigenvalue weighted by molar-refractivity contribution is -0.144.